The van der Waals surface area contributed by atoms with Crippen molar-refractivity contribution in [2.75, 3.05) is 51.8 Å². The fraction of sp³-hybridized carbons (Fsp3) is 0.450. The van der Waals surface area contributed by atoms with Crippen LogP contribution in [0.25, 0.3) is 0 Å². The number of amides is 1. The molecule has 3 rings (SSSR count). The van der Waals surface area contributed by atoms with E-state index >= 15 is 0 Å². The summed E-state index contributed by atoms with van der Waals surface area (Å²) in [5, 5.41) is 2.08. The minimum atomic E-state index is 0.184. The number of aryl methyl sites for hydroxylation is 1. The maximum atomic E-state index is 12.6. The summed E-state index contributed by atoms with van der Waals surface area (Å²) in [4.78, 5) is 20.2. The molecule has 0 N–H and O–H groups in total. The zero-order chi connectivity index (χ0) is 18.5. The Morgan fingerprint density at radius 3 is 2.58 bits per heavy atom. The van der Waals surface area contributed by atoms with E-state index in [2.05, 4.69) is 34.2 Å². The number of benzene rings is 1. The van der Waals surface area contributed by atoms with E-state index in [4.69, 9.17) is 4.74 Å². The fourth-order valence-corrected chi connectivity index (χ4v) is 4.18. The summed E-state index contributed by atoms with van der Waals surface area (Å²) in [5.74, 6) is 1.09. The van der Waals surface area contributed by atoms with Gasteiger partial charge in [0, 0.05) is 38.1 Å². The van der Waals surface area contributed by atoms with Crippen LogP contribution in [0.4, 0.5) is 5.69 Å². The smallest absolute Gasteiger partial charge is 0.236 e. The highest BCUT2D eigenvalue weighted by Gasteiger charge is 2.22. The van der Waals surface area contributed by atoms with E-state index in [1.165, 1.54) is 10.4 Å². The maximum Gasteiger partial charge on any atom is 0.236 e. The number of piperazine rings is 1. The number of anilines is 1. The molecule has 1 aliphatic rings. The quantitative estimate of drug-likeness (QED) is 0.780. The highest BCUT2D eigenvalue weighted by atomic mass is 32.1. The van der Waals surface area contributed by atoms with Gasteiger partial charge in [-0.1, -0.05) is 12.1 Å². The molecule has 26 heavy (non-hydrogen) atoms. The molecule has 0 bridgehead atoms. The van der Waals surface area contributed by atoms with Crippen LogP contribution in [0.2, 0.25) is 0 Å². The summed E-state index contributed by atoms with van der Waals surface area (Å²) >= 11 is 1.72. The third-order valence-corrected chi connectivity index (χ3v) is 5.94. The normalized spacial score (nSPS) is 15.1. The van der Waals surface area contributed by atoms with E-state index in [0.29, 0.717) is 13.1 Å². The molecule has 5 nitrogen and oxygen atoms in total. The van der Waals surface area contributed by atoms with E-state index < -0.39 is 0 Å². The van der Waals surface area contributed by atoms with Crippen LogP contribution in [0.3, 0.4) is 0 Å². The van der Waals surface area contributed by atoms with Gasteiger partial charge in [-0.2, -0.15) is 0 Å². The standard InChI is InChI=1S/C20H27N3O2S/c1-16-8-13-26-19(16)14-21(2)20(24)15-22-9-11-23(12-10-22)17-6-4-5-7-18(17)25-3/h4-8,13H,9-12,14-15H2,1-3H3. The molecular weight excluding hydrogens is 346 g/mol. The molecule has 0 aliphatic carbocycles. The SMILES string of the molecule is COc1ccccc1N1CCN(CC(=O)N(C)Cc2sccc2C)CC1. The average molecular weight is 374 g/mol. The fourth-order valence-electron chi connectivity index (χ4n) is 3.22. The number of carbonyl (C=O) groups is 1. The lowest BCUT2D eigenvalue weighted by Gasteiger charge is -2.36. The number of carbonyl (C=O) groups excluding carboxylic acids is 1. The first-order chi connectivity index (χ1) is 12.6. The molecule has 1 fully saturated rings. The first-order valence-corrected chi connectivity index (χ1v) is 9.83. The van der Waals surface area contributed by atoms with Crippen molar-refractivity contribution in [1.29, 1.82) is 0 Å². The van der Waals surface area contributed by atoms with Crippen LogP contribution < -0.4 is 9.64 Å². The van der Waals surface area contributed by atoms with Gasteiger partial charge in [-0.15, -0.1) is 11.3 Å². The van der Waals surface area contributed by atoms with E-state index in [9.17, 15) is 4.79 Å². The second-order valence-electron chi connectivity index (χ2n) is 6.71. The Labute approximate surface area is 159 Å². The van der Waals surface area contributed by atoms with Crippen LogP contribution in [-0.2, 0) is 11.3 Å². The first kappa shape index (κ1) is 18.7. The van der Waals surface area contributed by atoms with Crippen molar-refractivity contribution in [2.45, 2.75) is 13.5 Å². The summed E-state index contributed by atoms with van der Waals surface area (Å²) in [5.41, 5.74) is 2.39. The molecule has 1 amide bonds. The van der Waals surface area contributed by atoms with Crippen molar-refractivity contribution in [3.8, 4) is 5.75 Å². The largest absolute Gasteiger partial charge is 0.495 e. The number of likely N-dealkylation sites (N-methyl/N-ethyl adjacent to an activating group) is 1. The van der Waals surface area contributed by atoms with Crippen LogP contribution in [-0.4, -0.2) is 62.6 Å². The number of methoxy groups -OCH3 is 1. The van der Waals surface area contributed by atoms with Crippen LogP contribution in [0, 0.1) is 6.92 Å². The number of hydrogen-bond donors (Lipinski definition) is 0. The molecule has 6 heteroatoms. The molecule has 1 aromatic carbocycles. The molecule has 1 aliphatic heterocycles. The lowest BCUT2D eigenvalue weighted by atomic mass is 10.2. The average Bonchev–Trinajstić information content (AvgIpc) is 3.07. The van der Waals surface area contributed by atoms with Gasteiger partial charge in [-0.25, -0.2) is 0 Å². The van der Waals surface area contributed by atoms with Gasteiger partial charge in [0.05, 0.1) is 25.9 Å². The zero-order valence-corrected chi connectivity index (χ0v) is 16.6. The van der Waals surface area contributed by atoms with Gasteiger partial charge in [-0.3, -0.25) is 9.69 Å². The van der Waals surface area contributed by atoms with Crippen LogP contribution in [0.5, 0.6) is 5.75 Å². The van der Waals surface area contributed by atoms with E-state index in [-0.39, 0.29) is 5.91 Å². The lowest BCUT2D eigenvalue weighted by molar-refractivity contribution is -0.131. The summed E-state index contributed by atoms with van der Waals surface area (Å²) in [6.45, 7) is 6.86. The minimum absolute atomic E-state index is 0.184. The second kappa shape index (κ2) is 8.56. The number of rotatable bonds is 6. The van der Waals surface area contributed by atoms with Gasteiger partial charge in [-0.05, 0) is 36.1 Å². The molecule has 1 aromatic heterocycles. The number of hydrogen-bond acceptors (Lipinski definition) is 5. The van der Waals surface area contributed by atoms with Gasteiger partial charge in [0.1, 0.15) is 5.75 Å². The van der Waals surface area contributed by atoms with Crippen LogP contribution >= 0.6 is 11.3 Å². The van der Waals surface area contributed by atoms with Gasteiger partial charge in [0.15, 0.2) is 0 Å². The monoisotopic (exact) mass is 373 g/mol. The Hall–Kier alpha value is -2.05. The summed E-state index contributed by atoms with van der Waals surface area (Å²) in [6.07, 6.45) is 0. The van der Waals surface area contributed by atoms with Gasteiger partial charge < -0.3 is 14.5 Å². The predicted octanol–water partition coefficient (Wildman–Crippen LogP) is 2.85. The van der Waals surface area contributed by atoms with Crippen molar-refractivity contribution in [3.05, 3.63) is 46.2 Å². The molecule has 2 heterocycles. The van der Waals surface area contributed by atoms with Gasteiger partial charge in [0.25, 0.3) is 0 Å². The summed E-state index contributed by atoms with van der Waals surface area (Å²) in [6, 6.07) is 10.2. The molecule has 0 spiro atoms. The summed E-state index contributed by atoms with van der Waals surface area (Å²) in [7, 11) is 3.60. The van der Waals surface area contributed by atoms with E-state index in [0.717, 1.165) is 37.6 Å². The molecular formula is C20H27N3O2S. The Morgan fingerprint density at radius 1 is 1.19 bits per heavy atom. The maximum absolute atomic E-state index is 12.6. The number of para-hydroxylation sites is 2. The third kappa shape index (κ3) is 4.37. The Bertz CT molecular complexity index is 738. The zero-order valence-electron chi connectivity index (χ0n) is 15.8. The van der Waals surface area contributed by atoms with Crippen molar-refractivity contribution in [2.24, 2.45) is 0 Å². The van der Waals surface area contributed by atoms with Crippen molar-refractivity contribution in [1.82, 2.24) is 9.80 Å². The Morgan fingerprint density at radius 2 is 1.92 bits per heavy atom. The topological polar surface area (TPSA) is 36.0 Å². The minimum Gasteiger partial charge on any atom is -0.495 e. The molecule has 140 valence electrons. The second-order valence-corrected chi connectivity index (χ2v) is 7.71. The van der Waals surface area contributed by atoms with Gasteiger partial charge in [0.2, 0.25) is 5.91 Å². The molecule has 0 saturated carbocycles. The van der Waals surface area contributed by atoms with Crippen molar-refractivity contribution < 1.29 is 9.53 Å². The van der Waals surface area contributed by atoms with E-state index in [1.807, 2.05) is 30.1 Å². The summed E-state index contributed by atoms with van der Waals surface area (Å²) < 4.78 is 5.47. The molecule has 0 radical (unpaired) electrons. The lowest BCUT2D eigenvalue weighted by Crippen LogP contribution is -2.49. The third-order valence-electron chi connectivity index (χ3n) is 4.93. The van der Waals surface area contributed by atoms with Crippen LogP contribution in [0.1, 0.15) is 10.4 Å². The number of ether oxygens (including phenoxy) is 1. The van der Waals surface area contributed by atoms with Gasteiger partial charge >= 0.3 is 0 Å². The van der Waals surface area contributed by atoms with E-state index in [1.54, 1.807) is 18.4 Å². The van der Waals surface area contributed by atoms with Crippen LogP contribution in [0.15, 0.2) is 35.7 Å². The Kier molecular flexibility index (Phi) is 6.16. The molecule has 1 saturated heterocycles. The molecule has 2 aromatic rings. The highest BCUT2D eigenvalue weighted by Crippen LogP contribution is 2.28. The predicted molar refractivity (Wildman–Crippen MR) is 107 cm³/mol. The number of nitrogens with zero attached hydrogens (tertiary/aromatic N) is 3. The molecule has 0 unspecified atom stereocenters. The molecule has 0 atom stereocenters. The number of thiophene rings is 1. The Balaban J connectivity index is 1.50. The highest BCUT2D eigenvalue weighted by molar-refractivity contribution is 7.10. The van der Waals surface area contributed by atoms with Crippen molar-refractivity contribution in [3.63, 3.8) is 0 Å². The first-order valence-electron chi connectivity index (χ1n) is 8.95. The van der Waals surface area contributed by atoms with Crippen molar-refractivity contribution >= 4 is 22.9 Å².